The van der Waals surface area contributed by atoms with Gasteiger partial charge in [-0.2, -0.15) is 0 Å². The van der Waals surface area contributed by atoms with Gasteiger partial charge in [-0.25, -0.2) is 0 Å². The fourth-order valence-corrected chi connectivity index (χ4v) is 3.38. The standard InChI is InChI=1S/C14H19N3O2S/c1-7(4-5-18)17-14(19)13-12(15)11-9(3)16-8(2)6-10(11)20-13/h6-7,18H,4-5,15H2,1-3H3,(H,17,19). The van der Waals surface area contributed by atoms with E-state index in [1.807, 2.05) is 26.8 Å². The Morgan fingerprint density at radius 2 is 2.25 bits per heavy atom. The van der Waals surface area contributed by atoms with E-state index in [0.29, 0.717) is 17.0 Å². The molecule has 2 rings (SSSR count). The highest BCUT2D eigenvalue weighted by Crippen LogP contribution is 2.35. The molecule has 0 bridgehead atoms. The minimum atomic E-state index is -0.193. The molecule has 5 nitrogen and oxygen atoms in total. The molecule has 0 radical (unpaired) electrons. The van der Waals surface area contributed by atoms with Crippen molar-refractivity contribution in [3.8, 4) is 0 Å². The Balaban J connectivity index is 2.38. The Morgan fingerprint density at radius 3 is 2.90 bits per heavy atom. The number of pyridine rings is 1. The molecule has 0 saturated heterocycles. The Bertz CT molecular complexity index is 651. The second-order valence-corrected chi connectivity index (χ2v) is 6.01. The van der Waals surface area contributed by atoms with Gasteiger partial charge in [0.1, 0.15) is 4.88 Å². The van der Waals surface area contributed by atoms with Gasteiger partial charge in [-0.15, -0.1) is 11.3 Å². The molecule has 108 valence electrons. The normalized spacial score (nSPS) is 12.6. The molecule has 4 N–H and O–H groups in total. The van der Waals surface area contributed by atoms with Crippen LogP contribution in [0.1, 0.15) is 34.4 Å². The lowest BCUT2D eigenvalue weighted by molar-refractivity contribution is 0.0939. The molecule has 2 heterocycles. The number of hydrogen-bond donors (Lipinski definition) is 3. The van der Waals surface area contributed by atoms with Gasteiger partial charge in [0.05, 0.1) is 5.69 Å². The molecule has 1 atom stereocenters. The molecular formula is C14H19N3O2S. The van der Waals surface area contributed by atoms with Gasteiger partial charge in [0.15, 0.2) is 0 Å². The highest BCUT2D eigenvalue weighted by atomic mass is 32.1. The van der Waals surface area contributed by atoms with Crippen molar-refractivity contribution in [3.63, 3.8) is 0 Å². The van der Waals surface area contributed by atoms with Crippen molar-refractivity contribution < 1.29 is 9.90 Å². The molecule has 0 spiro atoms. The summed E-state index contributed by atoms with van der Waals surface area (Å²) in [5.74, 6) is -0.193. The molecule has 1 amide bonds. The predicted octanol–water partition coefficient (Wildman–Crippen LogP) is 2.00. The molecular weight excluding hydrogens is 274 g/mol. The maximum atomic E-state index is 12.2. The topological polar surface area (TPSA) is 88.2 Å². The first-order valence-electron chi connectivity index (χ1n) is 6.52. The van der Waals surface area contributed by atoms with Gasteiger partial charge in [-0.05, 0) is 33.3 Å². The molecule has 6 heteroatoms. The van der Waals surface area contributed by atoms with Gasteiger partial charge in [0.2, 0.25) is 0 Å². The Morgan fingerprint density at radius 1 is 1.55 bits per heavy atom. The number of fused-ring (bicyclic) bond motifs is 1. The van der Waals surface area contributed by atoms with E-state index in [9.17, 15) is 4.79 Å². The van der Waals surface area contributed by atoms with E-state index in [1.54, 1.807) is 0 Å². The molecule has 2 aromatic rings. The number of nitrogens with zero attached hydrogens (tertiary/aromatic N) is 1. The first-order chi connectivity index (χ1) is 9.43. The van der Waals surface area contributed by atoms with Crippen LogP contribution in [0.2, 0.25) is 0 Å². The molecule has 20 heavy (non-hydrogen) atoms. The van der Waals surface area contributed by atoms with Crippen molar-refractivity contribution in [2.75, 3.05) is 12.3 Å². The van der Waals surface area contributed by atoms with Crippen LogP contribution < -0.4 is 11.1 Å². The Hall–Kier alpha value is -1.66. The summed E-state index contributed by atoms with van der Waals surface area (Å²) >= 11 is 1.38. The average Bonchev–Trinajstić information content (AvgIpc) is 2.66. The monoisotopic (exact) mass is 293 g/mol. The van der Waals surface area contributed by atoms with Crippen LogP contribution in [0.25, 0.3) is 10.1 Å². The van der Waals surface area contributed by atoms with Gasteiger partial charge < -0.3 is 16.2 Å². The van der Waals surface area contributed by atoms with Crippen molar-refractivity contribution in [3.05, 3.63) is 22.3 Å². The molecule has 0 aliphatic heterocycles. The van der Waals surface area contributed by atoms with Crippen molar-refractivity contribution in [2.24, 2.45) is 0 Å². The summed E-state index contributed by atoms with van der Waals surface area (Å²) in [7, 11) is 0. The van der Waals surface area contributed by atoms with Gasteiger partial charge >= 0.3 is 0 Å². The van der Waals surface area contributed by atoms with Crippen LogP contribution in [0.4, 0.5) is 5.69 Å². The predicted molar refractivity (Wildman–Crippen MR) is 82.1 cm³/mol. The molecule has 0 fully saturated rings. The minimum Gasteiger partial charge on any atom is -0.397 e. The van der Waals surface area contributed by atoms with E-state index in [2.05, 4.69) is 10.3 Å². The highest BCUT2D eigenvalue weighted by molar-refractivity contribution is 7.21. The summed E-state index contributed by atoms with van der Waals surface area (Å²) in [5, 5.41) is 12.6. The number of nitrogens with two attached hydrogens (primary N) is 1. The van der Waals surface area contributed by atoms with E-state index < -0.39 is 0 Å². The van der Waals surface area contributed by atoms with Crippen molar-refractivity contribution in [1.29, 1.82) is 0 Å². The van der Waals surface area contributed by atoms with Crippen molar-refractivity contribution in [1.82, 2.24) is 10.3 Å². The van der Waals surface area contributed by atoms with Crippen LogP contribution in [0.3, 0.4) is 0 Å². The minimum absolute atomic E-state index is 0.0472. The number of nitrogens with one attached hydrogen (secondary N) is 1. The summed E-state index contributed by atoms with van der Waals surface area (Å²) in [4.78, 5) is 17.1. The van der Waals surface area contributed by atoms with Crippen LogP contribution in [0.15, 0.2) is 6.07 Å². The fraction of sp³-hybridized carbons (Fsp3) is 0.429. The lowest BCUT2D eigenvalue weighted by Gasteiger charge is -2.11. The van der Waals surface area contributed by atoms with Gasteiger partial charge in [0.25, 0.3) is 5.91 Å². The lowest BCUT2D eigenvalue weighted by Crippen LogP contribution is -2.33. The van der Waals surface area contributed by atoms with Crippen molar-refractivity contribution >= 4 is 33.0 Å². The third-order valence-corrected chi connectivity index (χ3v) is 4.32. The van der Waals surface area contributed by atoms with Crippen molar-refractivity contribution in [2.45, 2.75) is 33.2 Å². The van der Waals surface area contributed by atoms with Gasteiger partial charge in [-0.3, -0.25) is 9.78 Å². The number of hydrogen-bond acceptors (Lipinski definition) is 5. The number of aliphatic hydroxyl groups is 1. The molecule has 0 aliphatic rings. The van der Waals surface area contributed by atoms with E-state index >= 15 is 0 Å². The number of anilines is 1. The Labute approximate surface area is 121 Å². The third kappa shape index (κ3) is 2.76. The van der Waals surface area contributed by atoms with Gasteiger partial charge in [0, 0.05) is 34.1 Å². The molecule has 2 aromatic heterocycles. The third-order valence-electron chi connectivity index (χ3n) is 3.16. The second kappa shape index (κ2) is 5.76. The fourth-order valence-electron chi connectivity index (χ4n) is 2.20. The van der Waals surface area contributed by atoms with Crippen LogP contribution in [0.5, 0.6) is 0 Å². The molecule has 0 aliphatic carbocycles. The van der Waals surface area contributed by atoms with E-state index in [0.717, 1.165) is 21.5 Å². The quantitative estimate of drug-likeness (QED) is 0.804. The average molecular weight is 293 g/mol. The number of thiophene rings is 1. The first-order valence-corrected chi connectivity index (χ1v) is 7.33. The largest absolute Gasteiger partial charge is 0.397 e. The summed E-state index contributed by atoms with van der Waals surface area (Å²) < 4.78 is 0.979. The van der Waals surface area contributed by atoms with Crippen LogP contribution in [-0.2, 0) is 0 Å². The lowest BCUT2D eigenvalue weighted by atomic mass is 10.2. The number of carbonyl (C=O) groups is 1. The van der Waals surface area contributed by atoms with Crippen LogP contribution >= 0.6 is 11.3 Å². The zero-order valence-corrected chi connectivity index (χ0v) is 12.7. The summed E-state index contributed by atoms with van der Waals surface area (Å²) in [5.41, 5.74) is 8.35. The van der Waals surface area contributed by atoms with Gasteiger partial charge in [-0.1, -0.05) is 0 Å². The zero-order chi connectivity index (χ0) is 14.9. The molecule has 0 saturated carbocycles. The van der Waals surface area contributed by atoms with E-state index in [4.69, 9.17) is 10.8 Å². The summed E-state index contributed by atoms with van der Waals surface area (Å²) in [6.45, 7) is 5.72. The zero-order valence-electron chi connectivity index (χ0n) is 11.9. The second-order valence-electron chi connectivity index (χ2n) is 4.95. The molecule has 1 unspecified atom stereocenters. The number of aliphatic hydroxyl groups excluding tert-OH is 1. The first kappa shape index (κ1) is 14.7. The number of carbonyl (C=O) groups excluding carboxylic acids is 1. The van der Waals surface area contributed by atoms with Crippen LogP contribution in [0, 0.1) is 13.8 Å². The number of nitrogen functional groups attached to an aromatic ring is 1. The maximum absolute atomic E-state index is 12.2. The van der Waals surface area contributed by atoms with E-state index in [-0.39, 0.29) is 18.6 Å². The Kier molecular flexibility index (Phi) is 4.25. The maximum Gasteiger partial charge on any atom is 0.263 e. The van der Waals surface area contributed by atoms with E-state index in [1.165, 1.54) is 11.3 Å². The molecule has 0 aromatic carbocycles. The number of aryl methyl sites for hydroxylation is 2. The SMILES string of the molecule is Cc1cc2sc(C(=O)NC(C)CCO)c(N)c2c(C)n1. The number of aromatic nitrogens is 1. The van der Waals surface area contributed by atoms with Crippen LogP contribution in [-0.4, -0.2) is 28.6 Å². The summed E-state index contributed by atoms with van der Waals surface area (Å²) in [6.07, 6.45) is 0.524. The highest BCUT2D eigenvalue weighted by Gasteiger charge is 2.19. The number of rotatable bonds is 4. The summed E-state index contributed by atoms with van der Waals surface area (Å²) in [6, 6.07) is 1.86. The smallest absolute Gasteiger partial charge is 0.263 e. The number of amides is 1.